The van der Waals surface area contributed by atoms with Crippen LogP contribution >= 0.6 is 0 Å². The second kappa shape index (κ2) is 4.65. The molecule has 0 aromatic heterocycles. The Kier molecular flexibility index (Phi) is 3.05. The number of nitrogens with zero attached hydrogens (tertiary/aromatic N) is 1. The zero-order valence-corrected chi connectivity index (χ0v) is 9.17. The van der Waals surface area contributed by atoms with Crippen molar-refractivity contribution in [1.82, 2.24) is 4.90 Å². The average molecular weight is 228 g/mol. The molecule has 0 saturated carbocycles. The highest BCUT2D eigenvalue weighted by Crippen LogP contribution is 2.11. The highest BCUT2D eigenvalue weighted by atomic mass is 16.2. The fraction of sp³-hybridized carbons (Fsp3) is 0.0769. The molecule has 0 radical (unpaired) electrons. The van der Waals surface area contributed by atoms with Crippen LogP contribution in [0, 0.1) is 0 Å². The van der Waals surface area contributed by atoms with Crippen molar-refractivity contribution in [2.75, 3.05) is 6.54 Å². The summed E-state index contributed by atoms with van der Waals surface area (Å²) in [5.74, 6) is -0.574. The lowest BCUT2D eigenvalue weighted by Crippen LogP contribution is -2.29. The lowest BCUT2D eigenvalue weighted by atomic mass is 10.1. The predicted octanol–water partition coefficient (Wildman–Crippen LogP) is 1.07. The zero-order chi connectivity index (χ0) is 12.3. The van der Waals surface area contributed by atoms with Gasteiger partial charge in [-0.25, -0.2) is 0 Å². The molecule has 0 bridgehead atoms. The van der Waals surface area contributed by atoms with Crippen molar-refractivity contribution in [3.05, 3.63) is 59.8 Å². The molecular formula is C13H12N2O2. The SMILES string of the molecule is NC(=O)C1=CCN(C(=O)c2ccccc2)C=C1. The van der Waals surface area contributed by atoms with Crippen molar-refractivity contribution in [2.24, 2.45) is 5.73 Å². The van der Waals surface area contributed by atoms with Gasteiger partial charge in [0.2, 0.25) is 5.91 Å². The molecule has 1 aliphatic heterocycles. The second-order valence-electron chi connectivity index (χ2n) is 3.66. The van der Waals surface area contributed by atoms with Gasteiger partial charge in [0, 0.05) is 23.9 Å². The van der Waals surface area contributed by atoms with Crippen LogP contribution in [0.2, 0.25) is 0 Å². The van der Waals surface area contributed by atoms with E-state index in [-0.39, 0.29) is 5.91 Å². The van der Waals surface area contributed by atoms with E-state index in [1.54, 1.807) is 30.5 Å². The molecule has 2 rings (SSSR count). The van der Waals surface area contributed by atoms with Gasteiger partial charge in [-0.2, -0.15) is 0 Å². The minimum atomic E-state index is -0.479. The van der Waals surface area contributed by atoms with Crippen LogP contribution in [-0.4, -0.2) is 23.3 Å². The molecule has 0 aliphatic carbocycles. The molecule has 1 aromatic carbocycles. The Hall–Kier alpha value is -2.36. The quantitative estimate of drug-likeness (QED) is 0.822. The van der Waals surface area contributed by atoms with E-state index in [1.165, 1.54) is 4.90 Å². The molecule has 1 aromatic rings. The summed E-state index contributed by atoms with van der Waals surface area (Å²) in [5.41, 5.74) is 6.19. The molecule has 1 aliphatic rings. The van der Waals surface area contributed by atoms with E-state index in [2.05, 4.69) is 0 Å². The van der Waals surface area contributed by atoms with Crippen molar-refractivity contribution >= 4 is 11.8 Å². The highest BCUT2D eigenvalue weighted by molar-refractivity contribution is 5.97. The molecule has 4 heteroatoms. The lowest BCUT2D eigenvalue weighted by molar-refractivity contribution is -0.114. The van der Waals surface area contributed by atoms with Gasteiger partial charge in [-0.1, -0.05) is 24.3 Å². The zero-order valence-electron chi connectivity index (χ0n) is 9.17. The third kappa shape index (κ3) is 2.42. The molecule has 0 spiro atoms. The van der Waals surface area contributed by atoms with Crippen molar-refractivity contribution in [3.8, 4) is 0 Å². The van der Waals surface area contributed by atoms with Gasteiger partial charge in [0.15, 0.2) is 0 Å². The van der Waals surface area contributed by atoms with E-state index >= 15 is 0 Å². The second-order valence-corrected chi connectivity index (χ2v) is 3.66. The number of benzene rings is 1. The summed E-state index contributed by atoms with van der Waals surface area (Å²) in [6.45, 7) is 0.364. The number of hydrogen-bond donors (Lipinski definition) is 1. The first-order valence-electron chi connectivity index (χ1n) is 5.22. The third-order valence-corrected chi connectivity index (χ3v) is 2.51. The Bertz CT molecular complexity index is 503. The van der Waals surface area contributed by atoms with Gasteiger partial charge in [-0.15, -0.1) is 0 Å². The Balaban J connectivity index is 2.11. The van der Waals surface area contributed by atoms with Gasteiger partial charge >= 0.3 is 0 Å². The summed E-state index contributed by atoms with van der Waals surface area (Å²) >= 11 is 0. The molecule has 1 heterocycles. The van der Waals surface area contributed by atoms with E-state index in [9.17, 15) is 9.59 Å². The number of amides is 2. The Morgan fingerprint density at radius 1 is 1.18 bits per heavy atom. The molecule has 2 N–H and O–H groups in total. The minimum Gasteiger partial charge on any atom is -0.366 e. The third-order valence-electron chi connectivity index (χ3n) is 2.51. The maximum absolute atomic E-state index is 12.0. The Morgan fingerprint density at radius 3 is 2.41 bits per heavy atom. The Morgan fingerprint density at radius 2 is 1.88 bits per heavy atom. The summed E-state index contributed by atoms with van der Waals surface area (Å²) in [5, 5.41) is 0. The maximum atomic E-state index is 12.0. The van der Waals surface area contributed by atoms with Crippen LogP contribution in [0.5, 0.6) is 0 Å². The summed E-state index contributed by atoms with van der Waals surface area (Å²) in [7, 11) is 0. The first kappa shape index (κ1) is 11.1. The molecule has 17 heavy (non-hydrogen) atoms. The molecule has 0 saturated heterocycles. The molecule has 86 valence electrons. The highest BCUT2D eigenvalue weighted by Gasteiger charge is 2.15. The molecular weight excluding hydrogens is 216 g/mol. The number of carbonyl (C=O) groups excluding carboxylic acids is 2. The largest absolute Gasteiger partial charge is 0.366 e. The van der Waals surface area contributed by atoms with Gasteiger partial charge in [-0.05, 0) is 18.2 Å². The van der Waals surface area contributed by atoms with Gasteiger partial charge in [0.05, 0.1) is 0 Å². The van der Waals surface area contributed by atoms with Crippen LogP contribution in [0.1, 0.15) is 10.4 Å². The van der Waals surface area contributed by atoms with Crippen LogP contribution in [0.4, 0.5) is 0 Å². The number of nitrogens with two attached hydrogens (primary N) is 1. The monoisotopic (exact) mass is 228 g/mol. The number of primary amides is 1. The molecule has 0 unspecified atom stereocenters. The van der Waals surface area contributed by atoms with Crippen LogP contribution < -0.4 is 5.73 Å². The predicted molar refractivity (Wildman–Crippen MR) is 63.9 cm³/mol. The van der Waals surface area contributed by atoms with Crippen molar-refractivity contribution in [1.29, 1.82) is 0 Å². The van der Waals surface area contributed by atoms with Crippen molar-refractivity contribution < 1.29 is 9.59 Å². The summed E-state index contributed by atoms with van der Waals surface area (Å²) in [6.07, 6.45) is 4.77. The van der Waals surface area contributed by atoms with E-state index in [0.717, 1.165) is 0 Å². The van der Waals surface area contributed by atoms with Gasteiger partial charge in [-0.3, -0.25) is 9.59 Å². The van der Waals surface area contributed by atoms with Crippen LogP contribution in [0.3, 0.4) is 0 Å². The van der Waals surface area contributed by atoms with Gasteiger partial charge in [0.1, 0.15) is 0 Å². The molecule has 0 fully saturated rings. The first-order valence-corrected chi connectivity index (χ1v) is 5.22. The molecule has 4 nitrogen and oxygen atoms in total. The fourth-order valence-corrected chi connectivity index (χ4v) is 1.58. The standard InChI is InChI=1S/C13H12N2O2/c14-12(16)10-6-8-15(9-7-10)13(17)11-4-2-1-3-5-11/h1-8H,9H2,(H2,14,16). The summed E-state index contributed by atoms with van der Waals surface area (Å²) in [6, 6.07) is 8.98. The number of carbonyl (C=O) groups is 2. The minimum absolute atomic E-state index is 0.0957. The van der Waals surface area contributed by atoms with Gasteiger partial charge in [0.25, 0.3) is 5.91 Å². The maximum Gasteiger partial charge on any atom is 0.258 e. The Labute approximate surface area is 99.0 Å². The van der Waals surface area contributed by atoms with E-state index in [1.807, 2.05) is 18.2 Å². The van der Waals surface area contributed by atoms with E-state index in [0.29, 0.717) is 17.7 Å². The van der Waals surface area contributed by atoms with E-state index in [4.69, 9.17) is 5.73 Å². The first-order chi connectivity index (χ1) is 8.18. The number of rotatable bonds is 2. The topological polar surface area (TPSA) is 63.4 Å². The normalized spacial score (nSPS) is 14.4. The average Bonchev–Trinajstić information content (AvgIpc) is 2.39. The smallest absolute Gasteiger partial charge is 0.258 e. The molecule has 2 amide bonds. The van der Waals surface area contributed by atoms with Crippen LogP contribution in [0.15, 0.2) is 54.3 Å². The van der Waals surface area contributed by atoms with Crippen LogP contribution in [0.25, 0.3) is 0 Å². The van der Waals surface area contributed by atoms with Crippen molar-refractivity contribution in [3.63, 3.8) is 0 Å². The lowest BCUT2D eigenvalue weighted by Gasteiger charge is -2.20. The summed E-state index contributed by atoms with van der Waals surface area (Å²) < 4.78 is 0. The van der Waals surface area contributed by atoms with Crippen molar-refractivity contribution in [2.45, 2.75) is 0 Å². The van der Waals surface area contributed by atoms with Gasteiger partial charge < -0.3 is 10.6 Å². The summed E-state index contributed by atoms with van der Waals surface area (Å²) in [4.78, 5) is 24.4. The van der Waals surface area contributed by atoms with Crippen LogP contribution in [-0.2, 0) is 4.79 Å². The van der Waals surface area contributed by atoms with E-state index < -0.39 is 5.91 Å². The molecule has 0 atom stereocenters. The number of hydrogen-bond acceptors (Lipinski definition) is 2. The fourth-order valence-electron chi connectivity index (χ4n) is 1.58.